The van der Waals surface area contributed by atoms with Crippen molar-refractivity contribution in [3.05, 3.63) is 28.0 Å². The minimum atomic E-state index is -0.679. The summed E-state index contributed by atoms with van der Waals surface area (Å²) in [5, 5.41) is 15.0. The van der Waals surface area contributed by atoms with Crippen LogP contribution in [0.5, 0.6) is 0 Å². The molecule has 1 aliphatic heterocycles. The lowest BCUT2D eigenvalue weighted by molar-refractivity contribution is -0.402. The number of nitrogens with zero attached hydrogens (tertiary/aromatic N) is 3. The van der Waals surface area contributed by atoms with Crippen LogP contribution < -0.4 is 0 Å². The van der Waals surface area contributed by atoms with Gasteiger partial charge in [-0.2, -0.15) is 5.10 Å². The van der Waals surface area contributed by atoms with E-state index in [0.717, 1.165) is 11.2 Å². The van der Waals surface area contributed by atoms with Crippen molar-refractivity contribution in [2.45, 2.75) is 6.42 Å². The van der Waals surface area contributed by atoms with Crippen molar-refractivity contribution < 1.29 is 18.9 Å². The van der Waals surface area contributed by atoms with Gasteiger partial charge in [-0.3, -0.25) is 19.7 Å². The molecule has 1 aliphatic rings. The van der Waals surface area contributed by atoms with Crippen molar-refractivity contribution in [1.29, 1.82) is 0 Å². The van der Waals surface area contributed by atoms with Gasteiger partial charge < -0.3 is 4.42 Å². The van der Waals surface area contributed by atoms with Crippen LogP contribution in [0.3, 0.4) is 0 Å². The maximum absolute atomic E-state index is 11.2. The number of hydrazone groups is 1. The molecule has 0 spiro atoms. The summed E-state index contributed by atoms with van der Waals surface area (Å²) in [5.74, 6) is -0.871. The van der Waals surface area contributed by atoms with Crippen molar-refractivity contribution in [2.75, 3.05) is 6.54 Å². The summed E-state index contributed by atoms with van der Waals surface area (Å²) in [6.45, 7) is -0.0713. The predicted octanol–water partition coefficient (Wildman–Crippen LogP) is 0.323. The predicted molar refractivity (Wildman–Crippen MR) is 54.3 cm³/mol. The molecule has 0 bridgehead atoms. The van der Waals surface area contributed by atoms with Crippen LogP contribution in [0.2, 0.25) is 0 Å². The number of carbonyl (C=O) groups excluding carboxylic acids is 2. The standard InChI is InChI=1S/C9H7N3O5/c13-6-3-8(14)11(5-6)10-4-7-1-2-9(17-7)12(15)16/h1-2,4H,3,5H2/b10-4+. The molecule has 1 amide bonds. The van der Waals surface area contributed by atoms with Gasteiger partial charge in [0.15, 0.2) is 11.5 Å². The summed E-state index contributed by atoms with van der Waals surface area (Å²) in [7, 11) is 0. The summed E-state index contributed by atoms with van der Waals surface area (Å²) in [4.78, 5) is 31.7. The largest absolute Gasteiger partial charge is 0.433 e. The minimum absolute atomic E-state index is 0.0713. The molecule has 0 atom stereocenters. The van der Waals surface area contributed by atoms with Gasteiger partial charge in [0.1, 0.15) is 11.5 Å². The van der Waals surface area contributed by atoms with Gasteiger partial charge in [0, 0.05) is 0 Å². The van der Waals surface area contributed by atoms with Crippen LogP contribution in [-0.4, -0.2) is 34.4 Å². The zero-order valence-corrected chi connectivity index (χ0v) is 8.53. The minimum Gasteiger partial charge on any atom is -0.400 e. The topological polar surface area (TPSA) is 106 Å². The molecular weight excluding hydrogens is 230 g/mol. The monoisotopic (exact) mass is 237 g/mol. The highest BCUT2D eigenvalue weighted by Gasteiger charge is 2.26. The Labute approximate surface area is 94.6 Å². The Morgan fingerprint density at radius 3 is 2.76 bits per heavy atom. The van der Waals surface area contributed by atoms with Crippen molar-refractivity contribution in [3.63, 3.8) is 0 Å². The average Bonchev–Trinajstić information content (AvgIpc) is 2.82. The highest BCUT2D eigenvalue weighted by atomic mass is 16.6. The number of amides is 1. The van der Waals surface area contributed by atoms with E-state index in [1.807, 2.05) is 0 Å². The van der Waals surface area contributed by atoms with Crippen LogP contribution in [0, 0.1) is 10.1 Å². The summed E-state index contributed by atoms with van der Waals surface area (Å²) >= 11 is 0. The lowest BCUT2D eigenvalue weighted by atomic mass is 10.3. The first-order valence-corrected chi connectivity index (χ1v) is 4.66. The molecule has 1 aromatic rings. The first-order valence-electron chi connectivity index (χ1n) is 4.66. The van der Waals surface area contributed by atoms with Crippen LogP contribution >= 0.6 is 0 Å². The van der Waals surface area contributed by atoms with Gasteiger partial charge in [-0.25, -0.2) is 5.01 Å². The zero-order valence-electron chi connectivity index (χ0n) is 8.53. The third kappa shape index (κ3) is 2.36. The van der Waals surface area contributed by atoms with E-state index < -0.39 is 16.7 Å². The average molecular weight is 237 g/mol. The van der Waals surface area contributed by atoms with E-state index in [2.05, 4.69) is 5.10 Å². The number of Topliss-reactive ketones (excluding diaryl/α,β-unsaturated/α-hetero) is 1. The molecule has 0 unspecified atom stereocenters. The van der Waals surface area contributed by atoms with E-state index in [4.69, 9.17) is 4.42 Å². The Morgan fingerprint density at radius 2 is 2.24 bits per heavy atom. The Kier molecular flexibility index (Phi) is 2.69. The highest BCUT2D eigenvalue weighted by Crippen LogP contribution is 2.14. The van der Waals surface area contributed by atoms with Gasteiger partial charge in [-0.15, -0.1) is 0 Å². The maximum atomic E-state index is 11.2. The van der Waals surface area contributed by atoms with E-state index in [0.29, 0.717) is 0 Å². The molecule has 8 heteroatoms. The van der Waals surface area contributed by atoms with E-state index in [1.165, 1.54) is 12.1 Å². The molecule has 0 radical (unpaired) electrons. The number of hydrogen-bond donors (Lipinski definition) is 0. The fourth-order valence-corrected chi connectivity index (χ4v) is 1.31. The second-order valence-corrected chi connectivity index (χ2v) is 3.34. The number of nitro groups is 1. The van der Waals surface area contributed by atoms with Crippen molar-refractivity contribution in [1.82, 2.24) is 5.01 Å². The molecule has 88 valence electrons. The van der Waals surface area contributed by atoms with Crippen molar-refractivity contribution in [2.24, 2.45) is 5.10 Å². The number of hydrogen-bond acceptors (Lipinski definition) is 6. The van der Waals surface area contributed by atoms with Crippen LogP contribution in [-0.2, 0) is 9.59 Å². The smallest absolute Gasteiger partial charge is 0.400 e. The van der Waals surface area contributed by atoms with Crippen molar-refractivity contribution in [3.8, 4) is 0 Å². The molecule has 0 saturated carbocycles. The van der Waals surface area contributed by atoms with Crippen LogP contribution in [0.25, 0.3) is 0 Å². The first kappa shape index (κ1) is 11.0. The molecule has 0 N–H and O–H groups in total. The molecule has 2 heterocycles. The van der Waals surface area contributed by atoms with Crippen LogP contribution in [0.15, 0.2) is 21.7 Å². The number of carbonyl (C=O) groups is 2. The molecular formula is C9H7N3O5. The Morgan fingerprint density at radius 1 is 1.47 bits per heavy atom. The summed E-state index contributed by atoms with van der Waals surface area (Å²) in [6.07, 6.45) is 0.999. The van der Waals surface area contributed by atoms with Crippen LogP contribution in [0.1, 0.15) is 12.2 Å². The fraction of sp³-hybridized carbons (Fsp3) is 0.222. The fourth-order valence-electron chi connectivity index (χ4n) is 1.31. The number of furan rings is 1. The molecule has 1 aromatic heterocycles. The summed E-state index contributed by atoms with van der Waals surface area (Å²) < 4.78 is 4.80. The van der Waals surface area contributed by atoms with Gasteiger partial charge in [0.05, 0.1) is 18.7 Å². The molecule has 0 aromatic carbocycles. The van der Waals surface area contributed by atoms with E-state index in [1.54, 1.807) is 0 Å². The zero-order chi connectivity index (χ0) is 12.4. The highest BCUT2D eigenvalue weighted by molar-refractivity contribution is 6.05. The summed E-state index contributed by atoms with van der Waals surface area (Å²) in [6, 6.07) is 2.53. The second-order valence-electron chi connectivity index (χ2n) is 3.34. The molecule has 0 aliphatic carbocycles. The lowest BCUT2D eigenvalue weighted by Gasteiger charge is -2.04. The molecule has 17 heavy (non-hydrogen) atoms. The van der Waals surface area contributed by atoms with Crippen molar-refractivity contribution >= 4 is 23.8 Å². The Bertz CT molecular complexity index is 518. The number of rotatable bonds is 3. The Balaban J connectivity index is 2.07. The maximum Gasteiger partial charge on any atom is 0.433 e. The van der Waals surface area contributed by atoms with Gasteiger partial charge in [-0.05, 0) is 6.07 Å². The lowest BCUT2D eigenvalue weighted by Crippen LogP contribution is -2.18. The van der Waals surface area contributed by atoms with Gasteiger partial charge >= 0.3 is 5.88 Å². The molecule has 1 saturated heterocycles. The number of ketones is 1. The molecule has 8 nitrogen and oxygen atoms in total. The van der Waals surface area contributed by atoms with E-state index >= 15 is 0 Å². The van der Waals surface area contributed by atoms with E-state index in [-0.39, 0.29) is 24.5 Å². The van der Waals surface area contributed by atoms with Gasteiger partial charge in [-0.1, -0.05) is 0 Å². The van der Waals surface area contributed by atoms with Crippen LogP contribution in [0.4, 0.5) is 5.88 Å². The Hall–Kier alpha value is -2.51. The molecule has 2 rings (SSSR count). The van der Waals surface area contributed by atoms with Gasteiger partial charge in [0.25, 0.3) is 5.91 Å². The molecule has 1 fully saturated rings. The van der Waals surface area contributed by atoms with E-state index in [9.17, 15) is 19.7 Å². The SMILES string of the molecule is O=C1CC(=O)N(/N=C/c2ccc([N+](=O)[O-])o2)C1. The van der Waals surface area contributed by atoms with Gasteiger partial charge in [0.2, 0.25) is 0 Å². The third-order valence-electron chi connectivity index (χ3n) is 2.08. The quantitative estimate of drug-likeness (QED) is 0.325. The normalized spacial score (nSPS) is 16.1. The second kappa shape index (κ2) is 4.16. The summed E-state index contributed by atoms with van der Waals surface area (Å²) in [5.41, 5.74) is 0. The third-order valence-corrected chi connectivity index (χ3v) is 2.08. The first-order chi connectivity index (χ1) is 8.06.